The van der Waals surface area contributed by atoms with Gasteiger partial charge in [0.1, 0.15) is 5.75 Å². The van der Waals surface area contributed by atoms with E-state index in [1.165, 1.54) is 18.4 Å². The van der Waals surface area contributed by atoms with Gasteiger partial charge in [-0.3, -0.25) is 9.78 Å². The van der Waals surface area contributed by atoms with Crippen molar-refractivity contribution in [3.63, 3.8) is 0 Å². The van der Waals surface area contributed by atoms with Crippen molar-refractivity contribution in [2.75, 3.05) is 40.3 Å². The van der Waals surface area contributed by atoms with Gasteiger partial charge in [-0.2, -0.15) is 0 Å². The molecule has 5 heteroatoms. The number of piperidine rings is 1. The van der Waals surface area contributed by atoms with Gasteiger partial charge < -0.3 is 14.5 Å². The van der Waals surface area contributed by atoms with E-state index in [1.54, 1.807) is 13.3 Å². The summed E-state index contributed by atoms with van der Waals surface area (Å²) in [4.78, 5) is 21.1. The van der Waals surface area contributed by atoms with Crippen LogP contribution in [0, 0.1) is 5.92 Å². The van der Waals surface area contributed by atoms with E-state index < -0.39 is 0 Å². The molecule has 1 aromatic heterocycles. The molecule has 1 amide bonds. The maximum atomic E-state index is 12.5. The number of amides is 1. The lowest BCUT2D eigenvalue weighted by atomic mass is 9.97. The number of carbonyl (C=O) groups excluding carboxylic acids is 1. The van der Waals surface area contributed by atoms with Crippen LogP contribution in [0.1, 0.15) is 30.4 Å². The number of hydrogen-bond acceptors (Lipinski definition) is 4. The Morgan fingerprint density at radius 1 is 1.21 bits per heavy atom. The Balaban J connectivity index is 1.40. The van der Waals surface area contributed by atoms with E-state index in [0.29, 0.717) is 12.3 Å². The van der Waals surface area contributed by atoms with Gasteiger partial charge in [-0.1, -0.05) is 18.2 Å². The molecular weight excluding hydrogens is 362 g/mol. The zero-order valence-corrected chi connectivity index (χ0v) is 17.7. The van der Waals surface area contributed by atoms with Crippen LogP contribution in [-0.4, -0.2) is 61.0 Å². The van der Waals surface area contributed by atoms with Gasteiger partial charge in [0, 0.05) is 45.5 Å². The van der Waals surface area contributed by atoms with Crippen LogP contribution in [0.5, 0.6) is 5.75 Å². The van der Waals surface area contributed by atoms with Gasteiger partial charge in [0.25, 0.3) is 0 Å². The van der Waals surface area contributed by atoms with Gasteiger partial charge in [-0.25, -0.2) is 0 Å². The van der Waals surface area contributed by atoms with Crippen molar-refractivity contribution in [1.29, 1.82) is 0 Å². The number of hydrogen-bond donors (Lipinski definition) is 0. The number of rotatable bonds is 9. The molecule has 0 radical (unpaired) electrons. The normalized spacial score (nSPS) is 17.1. The largest absolute Gasteiger partial charge is 0.497 e. The molecule has 1 saturated heterocycles. The monoisotopic (exact) mass is 395 g/mol. The molecule has 29 heavy (non-hydrogen) atoms. The first-order chi connectivity index (χ1) is 14.1. The quantitative estimate of drug-likeness (QED) is 0.653. The minimum atomic E-state index is 0.226. The first-order valence-corrected chi connectivity index (χ1v) is 10.6. The number of aromatic nitrogens is 1. The number of methoxy groups -OCH3 is 1. The van der Waals surface area contributed by atoms with Crippen LogP contribution in [-0.2, 0) is 17.6 Å². The van der Waals surface area contributed by atoms with Crippen LogP contribution in [0.15, 0.2) is 48.8 Å². The van der Waals surface area contributed by atoms with E-state index in [2.05, 4.69) is 22.0 Å². The number of aryl methyl sites for hydroxylation is 1. The smallest absolute Gasteiger partial charge is 0.222 e. The fourth-order valence-electron chi connectivity index (χ4n) is 4.06. The molecule has 2 heterocycles. The zero-order valence-electron chi connectivity index (χ0n) is 17.7. The molecule has 156 valence electrons. The standard InChI is InChI=1S/C24H33N3O2/c1-26(24(28)12-9-21-5-3-14-25-17-21)18-22-6-4-15-27(19-22)16-13-20-7-10-23(29-2)11-8-20/h3,5,7-8,10-11,14,17,22H,4,6,9,12-13,15-16,18-19H2,1-2H3. The van der Waals surface area contributed by atoms with Crippen LogP contribution >= 0.6 is 0 Å². The third-order valence-electron chi connectivity index (χ3n) is 5.79. The Bertz CT molecular complexity index is 748. The number of benzene rings is 1. The molecule has 5 nitrogen and oxygen atoms in total. The van der Waals surface area contributed by atoms with Crippen molar-refractivity contribution in [3.05, 3.63) is 59.9 Å². The number of ether oxygens (including phenoxy) is 1. The first kappa shape index (κ1) is 21.3. The van der Waals surface area contributed by atoms with E-state index in [-0.39, 0.29) is 5.91 Å². The van der Waals surface area contributed by atoms with Crippen molar-refractivity contribution < 1.29 is 9.53 Å². The minimum absolute atomic E-state index is 0.226. The summed E-state index contributed by atoms with van der Waals surface area (Å²) in [5.74, 6) is 1.69. The molecule has 1 fully saturated rings. The van der Waals surface area contributed by atoms with E-state index >= 15 is 0 Å². The predicted octanol–water partition coefficient (Wildman–Crippen LogP) is 3.44. The molecule has 0 N–H and O–H groups in total. The second-order valence-corrected chi connectivity index (χ2v) is 8.04. The highest BCUT2D eigenvalue weighted by Gasteiger charge is 2.22. The number of pyridine rings is 1. The van der Waals surface area contributed by atoms with Gasteiger partial charge in [-0.05, 0) is 67.5 Å². The van der Waals surface area contributed by atoms with Gasteiger partial charge in [0.2, 0.25) is 5.91 Å². The Labute approximate surface area is 174 Å². The zero-order chi connectivity index (χ0) is 20.5. The van der Waals surface area contributed by atoms with Crippen molar-refractivity contribution in [3.8, 4) is 5.75 Å². The Kier molecular flexibility index (Phi) is 8.05. The lowest BCUT2D eigenvalue weighted by Crippen LogP contribution is -2.42. The van der Waals surface area contributed by atoms with E-state index in [4.69, 9.17) is 4.74 Å². The lowest BCUT2D eigenvalue weighted by molar-refractivity contribution is -0.130. The van der Waals surface area contributed by atoms with Crippen molar-refractivity contribution in [2.24, 2.45) is 5.92 Å². The van der Waals surface area contributed by atoms with Crippen molar-refractivity contribution in [2.45, 2.75) is 32.1 Å². The third kappa shape index (κ3) is 6.86. The average Bonchev–Trinajstić information content (AvgIpc) is 2.77. The molecule has 1 aliphatic heterocycles. The molecular formula is C24H33N3O2. The molecule has 0 bridgehead atoms. The van der Waals surface area contributed by atoms with Crippen LogP contribution in [0.4, 0.5) is 0 Å². The fourth-order valence-corrected chi connectivity index (χ4v) is 4.06. The Morgan fingerprint density at radius 2 is 2.03 bits per heavy atom. The van der Waals surface area contributed by atoms with E-state index in [1.807, 2.05) is 42.4 Å². The van der Waals surface area contributed by atoms with E-state index in [0.717, 1.165) is 50.3 Å². The van der Waals surface area contributed by atoms with Gasteiger partial charge in [-0.15, -0.1) is 0 Å². The second kappa shape index (κ2) is 11.0. The Morgan fingerprint density at radius 3 is 2.76 bits per heavy atom. The second-order valence-electron chi connectivity index (χ2n) is 8.04. The summed E-state index contributed by atoms with van der Waals surface area (Å²) in [5.41, 5.74) is 2.47. The number of likely N-dealkylation sites (tertiary alicyclic amines) is 1. The highest BCUT2D eigenvalue weighted by molar-refractivity contribution is 5.76. The van der Waals surface area contributed by atoms with Gasteiger partial charge in [0.15, 0.2) is 0 Å². The van der Waals surface area contributed by atoms with Crippen LogP contribution in [0.3, 0.4) is 0 Å². The summed E-state index contributed by atoms with van der Waals surface area (Å²) in [5, 5.41) is 0. The Hall–Kier alpha value is -2.40. The molecule has 0 spiro atoms. The minimum Gasteiger partial charge on any atom is -0.497 e. The molecule has 1 unspecified atom stereocenters. The van der Waals surface area contributed by atoms with Crippen LogP contribution in [0.2, 0.25) is 0 Å². The predicted molar refractivity (Wildman–Crippen MR) is 116 cm³/mol. The number of carbonyl (C=O) groups is 1. The topological polar surface area (TPSA) is 45.7 Å². The molecule has 1 atom stereocenters. The molecule has 0 saturated carbocycles. The first-order valence-electron chi connectivity index (χ1n) is 10.6. The van der Waals surface area contributed by atoms with Crippen LogP contribution < -0.4 is 4.74 Å². The molecule has 3 rings (SSSR count). The summed E-state index contributed by atoms with van der Waals surface area (Å²) >= 11 is 0. The maximum Gasteiger partial charge on any atom is 0.222 e. The summed E-state index contributed by atoms with van der Waals surface area (Å²) in [6, 6.07) is 12.3. The summed E-state index contributed by atoms with van der Waals surface area (Å²) in [7, 11) is 3.64. The third-order valence-corrected chi connectivity index (χ3v) is 5.79. The maximum absolute atomic E-state index is 12.5. The average molecular weight is 396 g/mol. The van der Waals surface area contributed by atoms with E-state index in [9.17, 15) is 4.79 Å². The van der Waals surface area contributed by atoms with Gasteiger partial charge in [0.05, 0.1) is 7.11 Å². The SMILES string of the molecule is COc1ccc(CCN2CCCC(CN(C)C(=O)CCc3cccnc3)C2)cc1. The highest BCUT2D eigenvalue weighted by Crippen LogP contribution is 2.19. The highest BCUT2D eigenvalue weighted by atomic mass is 16.5. The molecule has 0 aliphatic carbocycles. The summed E-state index contributed by atoms with van der Waals surface area (Å²) in [6.45, 7) is 4.16. The molecule has 1 aromatic carbocycles. The number of nitrogens with zero attached hydrogens (tertiary/aromatic N) is 3. The van der Waals surface area contributed by atoms with Crippen LogP contribution in [0.25, 0.3) is 0 Å². The fraction of sp³-hybridized carbons (Fsp3) is 0.500. The van der Waals surface area contributed by atoms with Crippen molar-refractivity contribution in [1.82, 2.24) is 14.8 Å². The van der Waals surface area contributed by atoms with Gasteiger partial charge >= 0.3 is 0 Å². The lowest BCUT2D eigenvalue weighted by Gasteiger charge is -2.34. The summed E-state index contributed by atoms with van der Waals surface area (Å²) in [6.07, 6.45) is 8.39. The molecule has 1 aliphatic rings. The van der Waals surface area contributed by atoms with Crippen molar-refractivity contribution >= 4 is 5.91 Å². The molecule has 2 aromatic rings. The summed E-state index contributed by atoms with van der Waals surface area (Å²) < 4.78 is 5.23.